The van der Waals surface area contributed by atoms with E-state index in [1.807, 2.05) is 42.6 Å². The van der Waals surface area contributed by atoms with Gasteiger partial charge in [0, 0.05) is 49.0 Å². The highest BCUT2D eigenvalue weighted by Crippen LogP contribution is 2.26. The second kappa shape index (κ2) is 7.40. The van der Waals surface area contributed by atoms with Crippen LogP contribution in [-0.4, -0.2) is 46.2 Å². The molecule has 140 valence electrons. The average Bonchev–Trinajstić information content (AvgIpc) is 3.23. The van der Waals surface area contributed by atoms with Crippen LogP contribution in [0.15, 0.2) is 71.4 Å². The van der Waals surface area contributed by atoms with Gasteiger partial charge in [0.2, 0.25) is 0 Å². The Hall–Kier alpha value is -3.25. The molecule has 1 aliphatic heterocycles. The molecule has 0 unspecified atom stereocenters. The van der Waals surface area contributed by atoms with Gasteiger partial charge in [-0.25, -0.2) is 0 Å². The first kappa shape index (κ1) is 16.9. The minimum Gasteiger partial charge on any atom is -0.368 e. The molecule has 1 saturated heterocycles. The predicted octanol–water partition coefficient (Wildman–Crippen LogP) is 3.61. The number of anilines is 1. The lowest BCUT2D eigenvalue weighted by molar-refractivity contribution is 0.240. The number of fused-ring (bicyclic) bond motifs is 1. The van der Waals surface area contributed by atoms with Gasteiger partial charge in [-0.15, -0.1) is 0 Å². The number of nitrogens with zero attached hydrogens (tertiary/aromatic N) is 5. The van der Waals surface area contributed by atoms with E-state index in [-0.39, 0.29) is 0 Å². The third kappa shape index (κ3) is 3.34. The fourth-order valence-electron chi connectivity index (χ4n) is 3.72. The maximum atomic E-state index is 5.43. The van der Waals surface area contributed by atoms with Crippen molar-refractivity contribution in [1.29, 1.82) is 0 Å². The SMILES string of the molecule is c1ccc(-c2nc(CN3CCN(c4ccnc5ccccc45)CC3)no2)cc1. The molecule has 0 bridgehead atoms. The molecule has 4 aromatic rings. The molecule has 6 heteroatoms. The Morgan fingerprint density at radius 2 is 1.64 bits per heavy atom. The summed E-state index contributed by atoms with van der Waals surface area (Å²) in [5, 5.41) is 5.37. The van der Waals surface area contributed by atoms with E-state index in [0.29, 0.717) is 12.4 Å². The second-order valence-corrected chi connectivity index (χ2v) is 6.99. The fourth-order valence-corrected chi connectivity index (χ4v) is 3.72. The van der Waals surface area contributed by atoms with Gasteiger partial charge in [0.05, 0.1) is 12.1 Å². The Balaban J connectivity index is 1.25. The molecule has 28 heavy (non-hydrogen) atoms. The van der Waals surface area contributed by atoms with E-state index in [1.54, 1.807) is 0 Å². The first-order valence-corrected chi connectivity index (χ1v) is 9.56. The van der Waals surface area contributed by atoms with E-state index in [4.69, 9.17) is 4.52 Å². The molecule has 6 nitrogen and oxygen atoms in total. The number of hydrogen-bond acceptors (Lipinski definition) is 6. The summed E-state index contributed by atoms with van der Waals surface area (Å²) in [6, 6.07) is 20.3. The van der Waals surface area contributed by atoms with Crippen molar-refractivity contribution in [2.45, 2.75) is 6.54 Å². The molecule has 3 heterocycles. The first-order valence-electron chi connectivity index (χ1n) is 9.56. The van der Waals surface area contributed by atoms with Gasteiger partial charge in [-0.05, 0) is 24.3 Å². The van der Waals surface area contributed by atoms with Crippen molar-refractivity contribution in [2.75, 3.05) is 31.1 Å². The lowest BCUT2D eigenvalue weighted by Crippen LogP contribution is -2.46. The Kier molecular flexibility index (Phi) is 4.47. The lowest BCUT2D eigenvalue weighted by atomic mass is 10.1. The van der Waals surface area contributed by atoms with Gasteiger partial charge < -0.3 is 9.42 Å². The van der Waals surface area contributed by atoms with Crippen LogP contribution in [0.1, 0.15) is 5.82 Å². The highest BCUT2D eigenvalue weighted by Gasteiger charge is 2.20. The molecule has 2 aromatic carbocycles. The van der Waals surface area contributed by atoms with Gasteiger partial charge in [-0.3, -0.25) is 9.88 Å². The molecule has 0 N–H and O–H groups in total. The minimum atomic E-state index is 0.581. The van der Waals surface area contributed by atoms with E-state index < -0.39 is 0 Å². The number of hydrogen-bond donors (Lipinski definition) is 0. The zero-order chi connectivity index (χ0) is 18.8. The summed E-state index contributed by atoms with van der Waals surface area (Å²) >= 11 is 0. The number of rotatable bonds is 4. The van der Waals surface area contributed by atoms with Crippen LogP contribution in [-0.2, 0) is 6.54 Å². The predicted molar refractivity (Wildman–Crippen MR) is 109 cm³/mol. The molecule has 2 aromatic heterocycles. The lowest BCUT2D eigenvalue weighted by Gasteiger charge is -2.36. The highest BCUT2D eigenvalue weighted by atomic mass is 16.5. The van der Waals surface area contributed by atoms with Crippen molar-refractivity contribution >= 4 is 16.6 Å². The third-order valence-electron chi connectivity index (χ3n) is 5.19. The van der Waals surface area contributed by atoms with Gasteiger partial charge >= 0.3 is 0 Å². The van der Waals surface area contributed by atoms with E-state index in [2.05, 4.69) is 49.2 Å². The number of piperazine rings is 1. The molecule has 0 radical (unpaired) electrons. The fraction of sp³-hybridized carbons (Fsp3) is 0.227. The number of para-hydroxylation sites is 1. The monoisotopic (exact) mass is 371 g/mol. The topological polar surface area (TPSA) is 58.3 Å². The molecule has 0 amide bonds. The van der Waals surface area contributed by atoms with Crippen molar-refractivity contribution in [3.05, 3.63) is 72.7 Å². The van der Waals surface area contributed by atoms with Crippen LogP contribution in [0.5, 0.6) is 0 Å². The van der Waals surface area contributed by atoms with Crippen LogP contribution in [0.2, 0.25) is 0 Å². The van der Waals surface area contributed by atoms with Gasteiger partial charge in [-0.2, -0.15) is 4.98 Å². The summed E-state index contributed by atoms with van der Waals surface area (Å²) in [6.45, 7) is 4.58. The van der Waals surface area contributed by atoms with Crippen LogP contribution in [0.4, 0.5) is 5.69 Å². The van der Waals surface area contributed by atoms with Crippen molar-refractivity contribution < 1.29 is 4.52 Å². The largest absolute Gasteiger partial charge is 0.368 e. The van der Waals surface area contributed by atoms with Crippen molar-refractivity contribution in [2.24, 2.45) is 0 Å². The van der Waals surface area contributed by atoms with Crippen molar-refractivity contribution in [1.82, 2.24) is 20.0 Å². The summed E-state index contributed by atoms with van der Waals surface area (Å²) in [6.07, 6.45) is 1.90. The zero-order valence-corrected chi connectivity index (χ0v) is 15.5. The molecular formula is C22H21N5O. The number of benzene rings is 2. The summed E-state index contributed by atoms with van der Waals surface area (Å²) in [7, 11) is 0. The average molecular weight is 371 g/mol. The molecule has 0 saturated carbocycles. The minimum absolute atomic E-state index is 0.581. The Morgan fingerprint density at radius 3 is 2.50 bits per heavy atom. The van der Waals surface area contributed by atoms with Crippen molar-refractivity contribution in [3.63, 3.8) is 0 Å². The maximum Gasteiger partial charge on any atom is 0.257 e. The number of aromatic nitrogens is 3. The van der Waals surface area contributed by atoms with Gasteiger partial charge in [0.1, 0.15) is 0 Å². The number of pyridine rings is 1. The molecule has 0 aliphatic carbocycles. The van der Waals surface area contributed by atoms with E-state index >= 15 is 0 Å². The molecule has 5 rings (SSSR count). The molecule has 1 fully saturated rings. The van der Waals surface area contributed by atoms with E-state index in [1.165, 1.54) is 11.1 Å². The van der Waals surface area contributed by atoms with Crippen LogP contribution in [0, 0.1) is 0 Å². The van der Waals surface area contributed by atoms with Crippen LogP contribution >= 0.6 is 0 Å². The quantitative estimate of drug-likeness (QED) is 0.546. The molecule has 0 spiro atoms. The molecule has 1 aliphatic rings. The first-order chi connectivity index (χ1) is 13.9. The van der Waals surface area contributed by atoms with Gasteiger partial charge in [-0.1, -0.05) is 41.6 Å². The van der Waals surface area contributed by atoms with Crippen molar-refractivity contribution in [3.8, 4) is 11.5 Å². The van der Waals surface area contributed by atoms with Crippen LogP contribution in [0.3, 0.4) is 0 Å². The Labute approximate surface area is 163 Å². The molecule has 0 atom stereocenters. The Morgan fingerprint density at radius 1 is 0.857 bits per heavy atom. The summed E-state index contributed by atoms with van der Waals surface area (Å²) in [4.78, 5) is 13.8. The summed E-state index contributed by atoms with van der Waals surface area (Å²) < 4.78 is 5.43. The second-order valence-electron chi connectivity index (χ2n) is 6.99. The van der Waals surface area contributed by atoms with E-state index in [9.17, 15) is 0 Å². The summed E-state index contributed by atoms with van der Waals surface area (Å²) in [5.74, 6) is 1.32. The standard InChI is InChI=1S/C22H21N5O/c1-2-6-17(7-3-1)22-24-21(25-28-22)16-26-12-14-27(15-13-26)20-10-11-23-19-9-5-4-8-18(19)20/h1-11H,12-16H2. The smallest absolute Gasteiger partial charge is 0.257 e. The van der Waals surface area contributed by atoms with E-state index in [0.717, 1.165) is 43.1 Å². The van der Waals surface area contributed by atoms with Gasteiger partial charge in [0.15, 0.2) is 5.82 Å². The highest BCUT2D eigenvalue weighted by molar-refractivity contribution is 5.91. The normalized spacial score (nSPS) is 15.2. The third-order valence-corrected chi connectivity index (χ3v) is 5.19. The van der Waals surface area contributed by atoms with Crippen LogP contribution in [0.25, 0.3) is 22.4 Å². The zero-order valence-electron chi connectivity index (χ0n) is 15.5. The van der Waals surface area contributed by atoms with Crippen LogP contribution < -0.4 is 4.90 Å². The maximum absolute atomic E-state index is 5.43. The molecular weight excluding hydrogens is 350 g/mol. The van der Waals surface area contributed by atoms with Gasteiger partial charge in [0.25, 0.3) is 5.89 Å². The summed E-state index contributed by atoms with van der Waals surface area (Å²) in [5.41, 5.74) is 3.26. The Bertz CT molecular complexity index is 1070.